The smallest absolute Gasteiger partial charge is 0.115 e. The van der Waals surface area contributed by atoms with E-state index in [2.05, 4.69) is 26.5 Å². The summed E-state index contributed by atoms with van der Waals surface area (Å²) in [6.07, 6.45) is 0. The van der Waals surface area contributed by atoms with E-state index >= 15 is 0 Å². The van der Waals surface area contributed by atoms with Crippen LogP contribution in [0.15, 0.2) is 24.3 Å². The van der Waals surface area contributed by atoms with Crippen molar-refractivity contribution < 1.29 is 5.11 Å². The zero-order chi connectivity index (χ0) is 9.19. The third-order valence-electron chi connectivity index (χ3n) is 2.02. The second kappa shape index (κ2) is 3.40. The van der Waals surface area contributed by atoms with Gasteiger partial charge in [-0.05, 0) is 28.9 Å². The molecule has 1 nitrogen and oxygen atoms in total. The zero-order valence-corrected chi connectivity index (χ0v) is 8.31. The van der Waals surface area contributed by atoms with Gasteiger partial charge in [0.25, 0.3) is 0 Å². The maximum atomic E-state index is 9.25. The molecule has 0 aliphatic heterocycles. The van der Waals surface area contributed by atoms with Crippen LogP contribution < -0.4 is 0 Å². The molecule has 1 N–H and O–H groups in total. The fourth-order valence-corrected chi connectivity index (χ4v) is 1.20. The van der Waals surface area contributed by atoms with E-state index in [1.807, 2.05) is 12.1 Å². The number of rotatable bonds is 2. The molecule has 2 heteroatoms. The lowest BCUT2D eigenvalue weighted by Crippen LogP contribution is -2.18. The van der Waals surface area contributed by atoms with Crippen LogP contribution in [0.5, 0.6) is 5.75 Å². The van der Waals surface area contributed by atoms with Crippen molar-refractivity contribution in [3.05, 3.63) is 29.8 Å². The standard InChI is InChI=1S/C10H14OS/c1-10(2,7-12)8-4-3-5-9(11)6-8/h3-6,11-12H,7H2,1-2H3. The molecule has 0 saturated carbocycles. The molecule has 12 heavy (non-hydrogen) atoms. The Morgan fingerprint density at radius 2 is 2.08 bits per heavy atom. The van der Waals surface area contributed by atoms with Crippen LogP contribution in [0, 0.1) is 0 Å². The molecule has 0 aliphatic rings. The Labute approximate surface area is 78.8 Å². The van der Waals surface area contributed by atoms with E-state index in [1.54, 1.807) is 12.1 Å². The number of aromatic hydroxyl groups is 1. The molecule has 0 aliphatic carbocycles. The van der Waals surface area contributed by atoms with Gasteiger partial charge in [0.2, 0.25) is 0 Å². The summed E-state index contributed by atoms with van der Waals surface area (Å²) in [6.45, 7) is 4.21. The van der Waals surface area contributed by atoms with E-state index in [9.17, 15) is 5.11 Å². The van der Waals surface area contributed by atoms with Crippen LogP contribution in [0.1, 0.15) is 19.4 Å². The number of thiol groups is 1. The van der Waals surface area contributed by atoms with Crippen LogP contribution >= 0.6 is 12.6 Å². The van der Waals surface area contributed by atoms with Crippen molar-refractivity contribution in [2.24, 2.45) is 0 Å². The van der Waals surface area contributed by atoms with E-state index in [1.165, 1.54) is 0 Å². The number of phenolic OH excluding ortho intramolecular Hbond substituents is 1. The van der Waals surface area contributed by atoms with Crippen molar-refractivity contribution in [1.29, 1.82) is 0 Å². The van der Waals surface area contributed by atoms with Crippen molar-refractivity contribution in [1.82, 2.24) is 0 Å². The third-order valence-corrected chi connectivity index (χ3v) is 2.81. The van der Waals surface area contributed by atoms with Crippen molar-refractivity contribution in [3.63, 3.8) is 0 Å². The van der Waals surface area contributed by atoms with Crippen molar-refractivity contribution >= 4 is 12.6 Å². The molecule has 0 fully saturated rings. The van der Waals surface area contributed by atoms with Gasteiger partial charge in [-0.25, -0.2) is 0 Å². The quantitative estimate of drug-likeness (QED) is 0.674. The Bertz CT molecular complexity index is 268. The Morgan fingerprint density at radius 1 is 1.42 bits per heavy atom. The van der Waals surface area contributed by atoms with Crippen molar-refractivity contribution in [3.8, 4) is 5.75 Å². The lowest BCUT2D eigenvalue weighted by atomic mass is 9.87. The zero-order valence-electron chi connectivity index (χ0n) is 7.41. The number of benzene rings is 1. The average Bonchev–Trinajstić information content (AvgIpc) is 2.05. The molecule has 0 bridgehead atoms. The molecule has 1 aromatic rings. The Morgan fingerprint density at radius 3 is 2.58 bits per heavy atom. The first kappa shape index (κ1) is 9.46. The summed E-state index contributed by atoms with van der Waals surface area (Å²) < 4.78 is 0. The maximum absolute atomic E-state index is 9.25. The molecule has 0 atom stereocenters. The van der Waals surface area contributed by atoms with Gasteiger partial charge in [0.15, 0.2) is 0 Å². The molecule has 0 aromatic heterocycles. The van der Waals surface area contributed by atoms with E-state index in [4.69, 9.17) is 0 Å². The Balaban J connectivity index is 3.03. The van der Waals surface area contributed by atoms with E-state index in [-0.39, 0.29) is 5.41 Å². The second-order valence-corrected chi connectivity index (χ2v) is 3.91. The normalized spacial score (nSPS) is 11.6. The minimum absolute atomic E-state index is 0.0296. The molecule has 1 rings (SSSR count). The van der Waals surface area contributed by atoms with Gasteiger partial charge in [0.1, 0.15) is 5.75 Å². The van der Waals surface area contributed by atoms with Crippen LogP contribution in [-0.4, -0.2) is 10.9 Å². The SMILES string of the molecule is CC(C)(CS)c1cccc(O)c1. The molecule has 66 valence electrons. The number of hydrogen-bond acceptors (Lipinski definition) is 2. The molecule has 0 saturated heterocycles. The van der Waals surface area contributed by atoms with Gasteiger partial charge < -0.3 is 5.11 Å². The Kier molecular flexibility index (Phi) is 2.68. The van der Waals surface area contributed by atoms with E-state index in [0.717, 1.165) is 11.3 Å². The van der Waals surface area contributed by atoms with Crippen LogP contribution in [0.25, 0.3) is 0 Å². The summed E-state index contributed by atoms with van der Waals surface area (Å²) in [5.74, 6) is 1.10. The first-order chi connectivity index (χ1) is 5.56. The van der Waals surface area contributed by atoms with E-state index in [0.29, 0.717) is 5.75 Å². The number of phenols is 1. The molecular weight excluding hydrogens is 168 g/mol. The van der Waals surface area contributed by atoms with Crippen molar-refractivity contribution in [2.45, 2.75) is 19.3 Å². The maximum Gasteiger partial charge on any atom is 0.115 e. The van der Waals surface area contributed by atoms with Gasteiger partial charge in [-0.15, -0.1) is 0 Å². The van der Waals surface area contributed by atoms with Crippen molar-refractivity contribution in [2.75, 3.05) is 5.75 Å². The first-order valence-electron chi connectivity index (χ1n) is 3.96. The largest absolute Gasteiger partial charge is 0.508 e. The van der Waals surface area contributed by atoms with Gasteiger partial charge in [-0.3, -0.25) is 0 Å². The highest BCUT2D eigenvalue weighted by Gasteiger charge is 2.18. The number of hydrogen-bond donors (Lipinski definition) is 2. The van der Waals surface area contributed by atoms with Crippen LogP contribution in [0.3, 0.4) is 0 Å². The summed E-state index contributed by atoms with van der Waals surface area (Å²) in [5, 5.41) is 9.25. The molecule has 0 heterocycles. The molecule has 0 radical (unpaired) electrons. The van der Waals surface area contributed by atoms with E-state index < -0.39 is 0 Å². The summed E-state index contributed by atoms with van der Waals surface area (Å²) in [4.78, 5) is 0. The predicted molar refractivity (Wildman–Crippen MR) is 55.0 cm³/mol. The first-order valence-corrected chi connectivity index (χ1v) is 4.60. The topological polar surface area (TPSA) is 20.2 Å². The monoisotopic (exact) mass is 182 g/mol. The van der Waals surface area contributed by atoms with Crippen LogP contribution in [0.2, 0.25) is 0 Å². The van der Waals surface area contributed by atoms with Gasteiger partial charge in [-0.1, -0.05) is 26.0 Å². The average molecular weight is 182 g/mol. The highest BCUT2D eigenvalue weighted by atomic mass is 32.1. The van der Waals surface area contributed by atoms with Gasteiger partial charge >= 0.3 is 0 Å². The third kappa shape index (κ3) is 1.95. The second-order valence-electron chi connectivity index (χ2n) is 3.59. The fraction of sp³-hybridized carbons (Fsp3) is 0.400. The Hall–Kier alpha value is -0.630. The molecule has 0 spiro atoms. The fourth-order valence-electron chi connectivity index (χ4n) is 1.02. The predicted octanol–water partition coefficient (Wildman–Crippen LogP) is 2.60. The molecule has 1 aromatic carbocycles. The molecular formula is C10H14OS. The minimum atomic E-state index is 0.0296. The summed E-state index contributed by atoms with van der Waals surface area (Å²) >= 11 is 4.27. The minimum Gasteiger partial charge on any atom is -0.508 e. The van der Waals surface area contributed by atoms with Crippen LogP contribution in [-0.2, 0) is 5.41 Å². The van der Waals surface area contributed by atoms with Gasteiger partial charge in [0, 0.05) is 0 Å². The van der Waals surface area contributed by atoms with Gasteiger partial charge in [-0.2, -0.15) is 12.6 Å². The lowest BCUT2D eigenvalue weighted by Gasteiger charge is -2.22. The highest BCUT2D eigenvalue weighted by molar-refractivity contribution is 7.80. The molecule has 0 unspecified atom stereocenters. The highest BCUT2D eigenvalue weighted by Crippen LogP contribution is 2.26. The van der Waals surface area contributed by atoms with Crippen LogP contribution in [0.4, 0.5) is 0 Å². The summed E-state index contributed by atoms with van der Waals surface area (Å²) in [5.41, 5.74) is 1.15. The summed E-state index contributed by atoms with van der Waals surface area (Å²) in [6, 6.07) is 7.33. The summed E-state index contributed by atoms with van der Waals surface area (Å²) in [7, 11) is 0. The molecule has 0 amide bonds. The van der Waals surface area contributed by atoms with Gasteiger partial charge in [0.05, 0.1) is 0 Å². The lowest BCUT2D eigenvalue weighted by molar-refractivity contribution is 0.471.